The Morgan fingerprint density at radius 1 is 0.938 bits per heavy atom. The van der Waals surface area contributed by atoms with E-state index < -0.39 is 0 Å². The number of hydrogen-bond acceptors (Lipinski definition) is 6. The second-order valence-corrected chi connectivity index (χ2v) is 8.37. The van der Waals surface area contributed by atoms with Gasteiger partial charge in [-0.3, -0.25) is 9.38 Å². The van der Waals surface area contributed by atoms with Gasteiger partial charge in [0.05, 0.1) is 18.3 Å². The summed E-state index contributed by atoms with van der Waals surface area (Å²) < 4.78 is 13.4. The highest BCUT2D eigenvalue weighted by atomic mass is 32.2. The number of thioether (sulfide) groups is 1. The third-order valence-corrected chi connectivity index (χ3v) is 6.28. The Morgan fingerprint density at radius 3 is 2.56 bits per heavy atom. The zero-order valence-corrected chi connectivity index (χ0v) is 18.7. The molecule has 0 aliphatic carbocycles. The van der Waals surface area contributed by atoms with E-state index in [0.717, 1.165) is 44.7 Å². The Balaban J connectivity index is 1.33. The summed E-state index contributed by atoms with van der Waals surface area (Å²) in [5, 5.41) is 10.8. The van der Waals surface area contributed by atoms with Crippen molar-refractivity contribution in [3.63, 3.8) is 0 Å². The van der Waals surface area contributed by atoms with Crippen molar-refractivity contribution in [2.45, 2.75) is 24.4 Å². The summed E-state index contributed by atoms with van der Waals surface area (Å²) in [7, 11) is 1.68. The molecule has 0 radical (unpaired) electrons. The number of methoxy groups -OCH3 is 1. The minimum atomic E-state index is 0.455. The van der Waals surface area contributed by atoms with Crippen molar-refractivity contribution in [2.24, 2.45) is 0 Å². The van der Waals surface area contributed by atoms with Gasteiger partial charge in [-0.15, -0.1) is 10.2 Å². The van der Waals surface area contributed by atoms with E-state index in [1.165, 1.54) is 11.1 Å². The number of ether oxygens (including phenoxy) is 2. The lowest BCUT2D eigenvalue weighted by molar-refractivity contribution is 0.301. The molecule has 0 amide bonds. The van der Waals surface area contributed by atoms with Crippen molar-refractivity contribution in [1.29, 1.82) is 0 Å². The van der Waals surface area contributed by atoms with Crippen LogP contribution in [0.15, 0.2) is 78.1 Å². The molecule has 0 saturated heterocycles. The molecule has 0 N–H and O–H groups in total. The van der Waals surface area contributed by atoms with Crippen molar-refractivity contribution < 1.29 is 9.47 Å². The zero-order chi connectivity index (χ0) is 21.9. The van der Waals surface area contributed by atoms with Gasteiger partial charge in [0.25, 0.3) is 0 Å². The molecule has 0 atom stereocenters. The molecule has 0 bridgehead atoms. The van der Waals surface area contributed by atoms with Gasteiger partial charge in [-0.1, -0.05) is 30.0 Å². The quantitative estimate of drug-likeness (QED) is 0.312. The maximum absolute atomic E-state index is 5.83. The lowest BCUT2D eigenvalue weighted by atomic mass is 10.1. The third-order valence-electron chi connectivity index (χ3n) is 5.28. The van der Waals surface area contributed by atoms with Crippen molar-refractivity contribution in [3.8, 4) is 11.5 Å². The first-order valence-electron chi connectivity index (χ1n) is 10.3. The molecule has 5 aromatic rings. The maximum atomic E-state index is 5.83. The van der Waals surface area contributed by atoms with E-state index in [0.29, 0.717) is 6.61 Å². The van der Waals surface area contributed by atoms with Gasteiger partial charge < -0.3 is 9.47 Å². The first-order chi connectivity index (χ1) is 15.7. The first-order valence-corrected chi connectivity index (χ1v) is 11.3. The summed E-state index contributed by atoms with van der Waals surface area (Å²) in [4.78, 5) is 4.28. The lowest BCUT2D eigenvalue weighted by Gasteiger charge is -2.09. The van der Waals surface area contributed by atoms with Gasteiger partial charge in [0.2, 0.25) is 0 Å². The Labute approximate surface area is 190 Å². The largest absolute Gasteiger partial charge is 0.497 e. The van der Waals surface area contributed by atoms with Gasteiger partial charge in [0.15, 0.2) is 10.8 Å². The van der Waals surface area contributed by atoms with Crippen LogP contribution in [0.1, 0.15) is 16.8 Å². The number of benzene rings is 2. The Morgan fingerprint density at radius 2 is 1.78 bits per heavy atom. The van der Waals surface area contributed by atoms with Gasteiger partial charge in [0, 0.05) is 23.4 Å². The SMILES string of the molecule is COc1ccc2c(C)cc3nnc(SCc4ccc(OCc5ccccn5)cc4)n3c2c1. The number of rotatable bonds is 7. The van der Waals surface area contributed by atoms with E-state index in [4.69, 9.17) is 9.47 Å². The zero-order valence-electron chi connectivity index (χ0n) is 17.9. The average Bonchev–Trinajstić information content (AvgIpc) is 3.25. The molecule has 5 rings (SSSR count). The van der Waals surface area contributed by atoms with E-state index in [-0.39, 0.29) is 0 Å². The van der Waals surface area contributed by atoms with Crippen LogP contribution in [0.4, 0.5) is 0 Å². The molecule has 3 aromatic heterocycles. The molecule has 7 heteroatoms. The molecule has 0 fully saturated rings. The minimum absolute atomic E-state index is 0.455. The summed E-state index contributed by atoms with van der Waals surface area (Å²) in [5.74, 6) is 2.42. The number of aromatic nitrogens is 4. The average molecular weight is 443 g/mol. The van der Waals surface area contributed by atoms with Crippen LogP contribution in [0, 0.1) is 6.92 Å². The second kappa shape index (κ2) is 8.88. The predicted octanol–water partition coefficient (Wildman–Crippen LogP) is 5.47. The van der Waals surface area contributed by atoms with Gasteiger partial charge in [-0.2, -0.15) is 0 Å². The number of pyridine rings is 2. The summed E-state index contributed by atoms with van der Waals surface area (Å²) in [6.07, 6.45) is 1.77. The Hall–Kier alpha value is -3.58. The van der Waals surface area contributed by atoms with Crippen molar-refractivity contribution in [1.82, 2.24) is 19.6 Å². The smallest absolute Gasteiger partial charge is 0.196 e. The molecule has 3 heterocycles. The fourth-order valence-corrected chi connectivity index (χ4v) is 4.50. The third kappa shape index (κ3) is 4.11. The van der Waals surface area contributed by atoms with Crippen LogP contribution in [0.25, 0.3) is 16.6 Å². The fraction of sp³-hybridized carbons (Fsp3) is 0.160. The standard InChI is InChI=1S/C25H22N4O2S/c1-17-13-24-27-28-25(29(24)23-14-21(30-2)10-11-22(17)23)32-16-18-6-8-20(9-7-18)31-15-19-5-3-4-12-26-19/h3-14H,15-16H2,1-2H3. The summed E-state index contributed by atoms with van der Waals surface area (Å²) in [6.45, 7) is 2.55. The number of nitrogens with zero attached hydrogens (tertiary/aromatic N) is 4. The van der Waals surface area contributed by atoms with Gasteiger partial charge in [-0.25, -0.2) is 0 Å². The van der Waals surface area contributed by atoms with Crippen LogP contribution >= 0.6 is 11.8 Å². The molecule has 32 heavy (non-hydrogen) atoms. The van der Waals surface area contributed by atoms with Crippen LogP contribution in [-0.4, -0.2) is 26.7 Å². The Kier molecular flexibility index (Phi) is 5.64. The summed E-state index contributed by atoms with van der Waals surface area (Å²) in [5.41, 5.74) is 5.14. The van der Waals surface area contributed by atoms with Crippen molar-refractivity contribution in [2.75, 3.05) is 7.11 Å². The van der Waals surface area contributed by atoms with Gasteiger partial charge >= 0.3 is 0 Å². The van der Waals surface area contributed by atoms with Crippen LogP contribution in [0.3, 0.4) is 0 Å². The molecule has 2 aromatic carbocycles. The van der Waals surface area contributed by atoms with Crippen molar-refractivity contribution in [3.05, 3.63) is 89.7 Å². The molecular formula is C25H22N4O2S. The second-order valence-electron chi connectivity index (χ2n) is 7.43. The van der Waals surface area contributed by atoms with E-state index in [2.05, 4.69) is 50.8 Å². The monoisotopic (exact) mass is 442 g/mol. The first kappa shape index (κ1) is 20.3. The molecule has 160 valence electrons. The topological polar surface area (TPSA) is 61.5 Å². The van der Waals surface area contributed by atoms with Crippen LogP contribution in [0.5, 0.6) is 11.5 Å². The molecular weight excluding hydrogens is 420 g/mol. The van der Waals surface area contributed by atoms with E-state index in [1.807, 2.05) is 42.5 Å². The highest BCUT2D eigenvalue weighted by molar-refractivity contribution is 7.98. The number of fused-ring (bicyclic) bond motifs is 3. The molecule has 6 nitrogen and oxygen atoms in total. The van der Waals surface area contributed by atoms with Crippen molar-refractivity contribution >= 4 is 28.3 Å². The molecule has 0 aliphatic heterocycles. The minimum Gasteiger partial charge on any atom is -0.497 e. The summed E-state index contributed by atoms with van der Waals surface area (Å²) in [6, 6.07) is 22.1. The van der Waals surface area contributed by atoms with Gasteiger partial charge in [-0.05, 0) is 60.5 Å². The van der Waals surface area contributed by atoms with E-state index >= 15 is 0 Å². The van der Waals surface area contributed by atoms with E-state index in [1.54, 1.807) is 25.1 Å². The molecule has 0 unspecified atom stereocenters. The Bertz CT molecular complexity index is 1370. The fourth-order valence-electron chi connectivity index (χ4n) is 3.59. The molecule has 0 aliphatic rings. The maximum Gasteiger partial charge on any atom is 0.196 e. The van der Waals surface area contributed by atoms with Crippen LogP contribution in [0.2, 0.25) is 0 Å². The van der Waals surface area contributed by atoms with Crippen LogP contribution < -0.4 is 9.47 Å². The van der Waals surface area contributed by atoms with Crippen LogP contribution in [-0.2, 0) is 12.4 Å². The highest BCUT2D eigenvalue weighted by Crippen LogP contribution is 2.30. The predicted molar refractivity (Wildman–Crippen MR) is 126 cm³/mol. The molecule has 0 saturated carbocycles. The highest BCUT2D eigenvalue weighted by Gasteiger charge is 2.13. The van der Waals surface area contributed by atoms with Gasteiger partial charge in [0.1, 0.15) is 18.1 Å². The number of aryl methyl sites for hydroxylation is 1. The number of hydrogen-bond donors (Lipinski definition) is 0. The lowest BCUT2D eigenvalue weighted by Crippen LogP contribution is -1.97. The molecule has 0 spiro atoms. The van der Waals surface area contributed by atoms with E-state index in [9.17, 15) is 0 Å². The summed E-state index contributed by atoms with van der Waals surface area (Å²) >= 11 is 1.66. The normalized spacial score (nSPS) is 11.2.